The van der Waals surface area contributed by atoms with Gasteiger partial charge in [-0.3, -0.25) is 0 Å². The molecule has 18 heavy (non-hydrogen) atoms. The van der Waals surface area contributed by atoms with Gasteiger partial charge in [0.05, 0.1) is 6.61 Å². The van der Waals surface area contributed by atoms with Gasteiger partial charge in [0.2, 0.25) is 0 Å². The van der Waals surface area contributed by atoms with E-state index in [1.165, 1.54) is 9.13 Å². The van der Waals surface area contributed by atoms with Crippen LogP contribution < -0.4 is 5.32 Å². The van der Waals surface area contributed by atoms with Gasteiger partial charge in [-0.05, 0) is 64.9 Å². The monoisotopic (exact) mass is 353 g/mol. The van der Waals surface area contributed by atoms with E-state index in [1.54, 1.807) is 0 Å². The van der Waals surface area contributed by atoms with Gasteiger partial charge in [-0.15, -0.1) is 0 Å². The van der Waals surface area contributed by atoms with Crippen molar-refractivity contribution in [2.75, 3.05) is 5.32 Å². The highest BCUT2D eigenvalue weighted by atomic mass is 127. The molecule has 0 bridgehead atoms. The number of hydrogen-bond donors (Lipinski definition) is 2. The van der Waals surface area contributed by atoms with Crippen molar-refractivity contribution in [3.63, 3.8) is 0 Å². The predicted molar refractivity (Wildman–Crippen MR) is 83.6 cm³/mol. The lowest BCUT2D eigenvalue weighted by atomic mass is 10.1. The topological polar surface area (TPSA) is 32.3 Å². The Morgan fingerprint density at radius 3 is 2.56 bits per heavy atom. The zero-order chi connectivity index (χ0) is 13.0. The maximum Gasteiger partial charge on any atom is 0.0682 e. The molecule has 1 unspecified atom stereocenters. The van der Waals surface area contributed by atoms with Crippen LogP contribution in [0.2, 0.25) is 0 Å². The molecule has 0 saturated carbocycles. The van der Waals surface area contributed by atoms with Gasteiger partial charge < -0.3 is 10.4 Å². The molecule has 94 valence electrons. The van der Waals surface area contributed by atoms with E-state index < -0.39 is 0 Å². The van der Waals surface area contributed by atoms with E-state index in [1.807, 2.05) is 24.3 Å². The number of aliphatic hydroxyl groups excluding tert-OH is 1. The second-order valence-corrected chi connectivity index (χ2v) is 5.52. The first-order valence-corrected chi connectivity index (χ1v) is 6.98. The Morgan fingerprint density at radius 2 is 1.89 bits per heavy atom. The van der Waals surface area contributed by atoms with E-state index in [0.717, 1.165) is 11.3 Å². The van der Waals surface area contributed by atoms with Gasteiger partial charge in [0.1, 0.15) is 0 Å². The summed E-state index contributed by atoms with van der Waals surface area (Å²) in [5.41, 5.74) is 3.22. The van der Waals surface area contributed by atoms with E-state index in [-0.39, 0.29) is 12.6 Å². The summed E-state index contributed by atoms with van der Waals surface area (Å²) in [4.78, 5) is 0. The largest absolute Gasteiger partial charge is 0.392 e. The van der Waals surface area contributed by atoms with Crippen LogP contribution in [0.1, 0.15) is 24.1 Å². The summed E-state index contributed by atoms with van der Waals surface area (Å²) >= 11 is 2.30. The maximum absolute atomic E-state index is 9.12. The highest BCUT2D eigenvalue weighted by molar-refractivity contribution is 14.1. The molecule has 2 rings (SSSR count). The molecule has 0 radical (unpaired) electrons. The van der Waals surface area contributed by atoms with E-state index in [9.17, 15) is 0 Å². The van der Waals surface area contributed by atoms with Crippen molar-refractivity contribution in [3.8, 4) is 0 Å². The molecule has 0 aliphatic heterocycles. The Bertz CT molecular complexity index is 510. The van der Waals surface area contributed by atoms with E-state index >= 15 is 0 Å². The van der Waals surface area contributed by atoms with E-state index in [4.69, 9.17) is 5.11 Å². The number of aliphatic hydroxyl groups is 1. The highest BCUT2D eigenvalue weighted by Gasteiger charge is 2.05. The van der Waals surface area contributed by atoms with Crippen LogP contribution in [0, 0.1) is 3.57 Å². The fourth-order valence-electron chi connectivity index (χ4n) is 1.84. The average Bonchev–Trinajstić information content (AvgIpc) is 2.39. The summed E-state index contributed by atoms with van der Waals surface area (Å²) in [6.45, 7) is 2.21. The van der Waals surface area contributed by atoms with Crippen LogP contribution in [-0.4, -0.2) is 5.11 Å². The molecule has 2 aromatic rings. The predicted octanol–water partition coefficient (Wildman–Crippen LogP) is 3.96. The molecule has 0 aliphatic rings. The Balaban J connectivity index is 2.10. The van der Waals surface area contributed by atoms with Crippen molar-refractivity contribution in [3.05, 3.63) is 63.2 Å². The van der Waals surface area contributed by atoms with Crippen LogP contribution in [0.5, 0.6) is 0 Å². The lowest BCUT2D eigenvalue weighted by Crippen LogP contribution is -2.06. The average molecular weight is 353 g/mol. The van der Waals surface area contributed by atoms with Crippen molar-refractivity contribution in [1.82, 2.24) is 0 Å². The van der Waals surface area contributed by atoms with Crippen molar-refractivity contribution in [2.24, 2.45) is 0 Å². The van der Waals surface area contributed by atoms with E-state index in [0.29, 0.717) is 0 Å². The zero-order valence-corrected chi connectivity index (χ0v) is 12.4. The molecule has 0 spiro atoms. The molecular formula is C15H16INO. The quantitative estimate of drug-likeness (QED) is 0.816. The summed E-state index contributed by atoms with van der Waals surface area (Å²) in [6.07, 6.45) is 0. The molecule has 0 aromatic heterocycles. The molecule has 2 N–H and O–H groups in total. The molecule has 2 aromatic carbocycles. The molecular weight excluding hydrogens is 337 g/mol. The number of anilines is 1. The Kier molecular flexibility index (Phi) is 4.60. The zero-order valence-electron chi connectivity index (χ0n) is 10.2. The van der Waals surface area contributed by atoms with Gasteiger partial charge in [0.25, 0.3) is 0 Å². The van der Waals surface area contributed by atoms with E-state index in [2.05, 4.69) is 59.1 Å². The molecule has 1 atom stereocenters. The van der Waals surface area contributed by atoms with Gasteiger partial charge in [-0.25, -0.2) is 0 Å². The summed E-state index contributed by atoms with van der Waals surface area (Å²) in [5, 5.41) is 12.6. The minimum absolute atomic E-state index is 0.0768. The molecule has 0 amide bonds. The Morgan fingerprint density at radius 1 is 1.17 bits per heavy atom. The summed E-state index contributed by atoms with van der Waals surface area (Å²) in [7, 11) is 0. The van der Waals surface area contributed by atoms with Crippen molar-refractivity contribution >= 4 is 28.3 Å². The Labute approximate surface area is 121 Å². The third kappa shape index (κ3) is 3.46. The van der Waals surface area contributed by atoms with Gasteiger partial charge in [-0.1, -0.05) is 24.3 Å². The van der Waals surface area contributed by atoms with Gasteiger partial charge >= 0.3 is 0 Å². The Hall–Kier alpha value is -1.07. The molecule has 0 aliphatic carbocycles. The molecule has 2 nitrogen and oxygen atoms in total. The first-order chi connectivity index (χ1) is 8.69. The van der Waals surface area contributed by atoms with Crippen LogP contribution in [-0.2, 0) is 6.61 Å². The standard InChI is InChI=1S/C15H16INO/c1-11(13-5-7-14(16)8-6-13)17-15-4-2-3-12(9-15)10-18/h2-9,11,17-18H,10H2,1H3. The van der Waals surface area contributed by atoms with Gasteiger partial charge in [0, 0.05) is 15.3 Å². The second-order valence-electron chi connectivity index (χ2n) is 4.28. The van der Waals surface area contributed by atoms with Crippen LogP contribution >= 0.6 is 22.6 Å². The third-order valence-electron chi connectivity index (χ3n) is 2.86. The van der Waals surface area contributed by atoms with Crippen LogP contribution in [0.25, 0.3) is 0 Å². The SMILES string of the molecule is CC(Nc1cccc(CO)c1)c1ccc(I)cc1. The van der Waals surface area contributed by atoms with Crippen LogP contribution in [0.3, 0.4) is 0 Å². The summed E-state index contributed by atoms with van der Waals surface area (Å²) < 4.78 is 1.24. The minimum Gasteiger partial charge on any atom is -0.392 e. The summed E-state index contributed by atoms with van der Waals surface area (Å²) in [6, 6.07) is 16.6. The first-order valence-electron chi connectivity index (χ1n) is 5.91. The lowest BCUT2D eigenvalue weighted by Gasteiger charge is -2.16. The van der Waals surface area contributed by atoms with Gasteiger partial charge in [-0.2, -0.15) is 0 Å². The molecule has 3 heteroatoms. The lowest BCUT2D eigenvalue weighted by molar-refractivity contribution is 0.282. The number of hydrogen-bond acceptors (Lipinski definition) is 2. The van der Waals surface area contributed by atoms with Crippen molar-refractivity contribution in [1.29, 1.82) is 0 Å². The van der Waals surface area contributed by atoms with Crippen molar-refractivity contribution < 1.29 is 5.11 Å². The molecule has 0 fully saturated rings. The minimum atomic E-state index is 0.0768. The second kappa shape index (κ2) is 6.20. The fourth-order valence-corrected chi connectivity index (χ4v) is 2.20. The third-order valence-corrected chi connectivity index (χ3v) is 3.58. The number of halogens is 1. The normalized spacial score (nSPS) is 12.2. The van der Waals surface area contributed by atoms with Gasteiger partial charge in [0.15, 0.2) is 0 Å². The van der Waals surface area contributed by atoms with Crippen molar-refractivity contribution in [2.45, 2.75) is 19.6 Å². The summed E-state index contributed by atoms with van der Waals surface area (Å²) in [5.74, 6) is 0. The fraction of sp³-hybridized carbons (Fsp3) is 0.200. The number of rotatable bonds is 4. The highest BCUT2D eigenvalue weighted by Crippen LogP contribution is 2.20. The molecule has 0 heterocycles. The maximum atomic E-state index is 9.12. The first kappa shape index (κ1) is 13.4. The molecule has 0 saturated heterocycles. The smallest absolute Gasteiger partial charge is 0.0682 e. The number of benzene rings is 2. The number of nitrogens with one attached hydrogen (secondary N) is 1. The van der Waals surface area contributed by atoms with Crippen LogP contribution in [0.15, 0.2) is 48.5 Å². The van der Waals surface area contributed by atoms with Crippen LogP contribution in [0.4, 0.5) is 5.69 Å².